The topological polar surface area (TPSA) is 89.4 Å². The van der Waals surface area contributed by atoms with Crippen molar-refractivity contribution in [1.29, 1.82) is 0 Å². The Hall–Kier alpha value is -2.45. The van der Waals surface area contributed by atoms with Crippen LogP contribution in [0.25, 0.3) is 6.08 Å². The summed E-state index contributed by atoms with van der Waals surface area (Å²) in [6.45, 7) is 1.64. The van der Waals surface area contributed by atoms with Gasteiger partial charge in [0.2, 0.25) is 5.89 Å². The van der Waals surface area contributed by atoms with Gasteiger partial charge in [-0.25, -0.2) is 4.79 Å². The summed E-state index contributed by atoms with van der Waals surface area (Å²) in [5.74, 6) is -0.277. The van der Waals surface area contributed by atoms with Crippen LogP contribution in [0.2, 0.25) is 0 Å². The Morgan fingerprint density at radius 1 is 1.12 bits per heavy atom. The highest BCUT2D eigenvalue weighted by molar-refractivity contribution is 8.03. The first kappa shape index (κ1) is 16.4. The second-order valence-corrected chi connectivity index (χ2v) is 6.65. The Morgan fingerprint density at radius 3 is 2.58 bits per heavy atom. The molecule has 0 fully saturated rings. The number of hydrogen-bond acceptors (Lipinski definition) is 7. The summed E-state index contributed by atoms with van der Waals surface area (Å²) >= 11 is 2.34. The molecule has 0 amide bonds. The van der Waals surface area contributed by atoms with Crippen LogP contribution in [0.4, 0.5) is 0 Å². The fraction of sp³-hybridized carbons (Fsp3) is 0.0625. The molecule has 0 unspecified atom stereocenters. The Labute approximate surface area is 146 Å². The van der Waals surface area contributed by atoms with Gasteiger partial charge in [-0.1, -0.05) is 30.0 Å². The van der Waals surface area contributed by atoms with Crippen molar-refractivity contribution in [3.05, 3.63) is 59.0 Å². The molecular weight excluding hydrogens is 348 g/mol. The number of benzene rings is 1. The molecule has 3 rings (SSSR count). The molecule has 0 aliphatic carbocycles. The van der Waals surface area contributed by atoms with E-state index in [1.54, 1.807) is 19.1 Å². The van der Waals surface area contributed by atoms with E-state index >= 15 is 0 Å². The number of thioether (sulfide) groups is 1. The zero-order chi connectivity index (χ0) is 16.9. The molecule has 0 spiro atoms. The molecule has 8 heteroatoms. The zero-order valence-electron chi connectivity index (χ0n) is 12.5. The van der Waals surface area contributed by atoms with Gasteiger partial charge in [-0.05, 0) is 36.0 Å². The van der Waals surface area contributed by atoms with Crippen LogP contribution in [0.3, 0.4) is 0 Å². The number of furan rings is 1. The van der Waals surface area contributed by atoms with Crippen molar-refractivity contribution in [2.45, 2.75) is 22.1 Å². The van der Waals surface area contributed by atoms with Gasteiger partial charge in [-0.2, -0.15) is 0 Å². The molecule has 1 aromatic carbocycles. The van der Waals surface area contributed by atoms with E-state index in [0.29, 0.717) is 16.7 Å². The van der Waals surface area contributed by atoms with Crippen LogP contribution in [-0.4, -0.2) is 21.3 Å². The number of carbonyl (C=O) groups is 1. The van der Waals surface area contributed by atoms with Crippen LogP contribution >= 0.6 is 23.5 Å². The molecule has 3 aromatic rings. The monoisotopic (exact) mass is 360 g/mol. The molecule has 6 nitrogen and oxygen atoms in total. The van der Waals surface area contributed by atoms with Crippen molar-refractivity contribution in [3.63, 3.8) is 0 Å². The standard InChI is InChI=1S/C16H12N2O4S2/c1-10-17-18-16(21-10)24-13(15(19)20)9-11-7-8-14(22-11)23-12-5-3-2-4-6-12/h2-9H,1H3,(H,19,20)/b13-9-. The molecule has 0 radical (unpaired) electrons. The second-order valence-electron chi connectivity index (χ2n) is 4.57. The highest BCUT2D eigenvalue weighted by Gasteiger charge is 2.15. The number of carboxylic acids is 1. The van der Waals surface area contributed by atoms with Crippen molar-refractivity contribution >= 4 is 35.6 Å². The highest BCUT2D eigenvalue weighted by Crippen LogP contribution is 2.31. The Morgan fingerprint density at radius 2 is 1.92 bits per heavy atom. The van der Waals surface area contributed by atoms with E-state index < -0.39 is 5.97 Å². The fourth-order valence-corrected chi connectivity index (χ4v) is 3.24. The summed E-state index contributed by atoms with van der Waals surface area (Å²) < 4.78 is 10.8. The number of aryl methyl sites for hydroxylation is 1. The lowest BCUT2D eigenvalue weighted by Crippen LogP contribution is -1.96. The van der Waals surface area contributed by atoms with E-state index in [1.807, 2.05) is 30.3 Å². The lowest BCUT2D eigenvalue weighted by atomic mass is 10.4. The summed E-state index contributed by atoms with van der Waals surface area (Å²) in [4.78, 5) is 12.5. The fourth-order valence-electron chi connectivity index (χ4n) is 1.75. The number of rotatable bonds is 6. The van der Waals surface area contributed by atoms with Crippen LogP contribution < -0.4 is 0 Å². The van der Waals surface area contributed by atoms with E-state index in [-0.39, 0.29) is 10.1 Å². The van der Waals surface area contributed by atoms with E-state index in [0.717, 1.165) is 16.7 Å². The van der Waals surface area contributed by atoms with Gasteiger partial charge >= 0.3 is 5.97 Å². The molecule has 0 atom stereocenters. The van der Waals surface area contributed by atoms with Crippen LogP contribution in [0, 0.1) is 6.92 Å². The normalized spacial score (nSPS) is 11.6. The zero-order valence-corrected chi connectivity index (χ0v) is 14.1. The van der Waals surface area contributed by atoms with Gasteiger partial charge in [0.05, 0.1) is 0 Å². The molecule has 0 saturated carbocycles. The molecular formula is C16H12N2O4S2. The van der Waals surface area contributed by atoms with Crippen LogP contribution in [-0.2, 0) is 4.79 Å². The molecule has 0 aliphatic heterocycles. The summed E-state index contributed by atoms with van der Waals surface area (Å²) in [5.41, 5.74) is 0. The highest BCUT2D eigenvalue weighted by atomic mass is 32.2. The van der Waals surface area contributed by atoms with Gasteiger partial charge < -0.3 is 13.9 Å². The quantitative estimate of drug-likeness (QED) is 0.513. The summed E-state index contributed by atoms with van der Waals surface area (Å²) in [5, 5.41) is 17.6. The first-order chi connectivity index (χ1) is 11.6. The minimum atomic E-state index is -1.09. The average Bonchev–Trinajstić information content (AvgIpc) is 3.17. The van der Waals surface area contributed by atoms with Gasteiger partial charge in [-0.15, -0.1) is 10.2 Å². The SMILES string of the molecule is Cc1nnc(S/C(=C\c2ccc(Sc3ccccc3)o2)C(=O)O)o1. The summed E-state index contributed by atoms with van der Waals surface area (Å²) in [6, 6.07) is 13.3. The predicted octanol–water partition coefficient (Wildman–Crippen LogP) is 4.34. The summed E-state index contributed by atoms with van der Waals surface area (Å²) in [7, 11) is 0. The van der Waals surface area contributed by atoms with Crippen molar-refractivity contribution in [3.8, 4) is 0 Å². The van der Waals surface area contributed by atoms with Gasteiger partial charge in [0.25, 0.3) is 5.22 Å². The van der Waals surface area contributed by atoms with Gasteiger partial charge in [0.15, 0.2) is 5.09 Å². The molecule has 24 heavy (non-hydrogen) atoms. The van der Waals surface area contributed by atoms with E-state index in [1.165, 1.54) is 17.8 Å². The first-order valence-electron chi connectivity index (χ1n) is 6.86. The number of hydrogen-bond donors (Lipinski definition) is 1. The maximum absolute atomic E-state index is 11.4. The maximum atomic E-state index is 11.4. The summed E-state index contributed by atoms with van der Waals surface area (Å²) in [6.07, 6.45) is 1.43. The number of aromatic nitrogens is 2. The van der Waals surface area contributed by atoms with Crippen molar-refractivity contribution in [2.75, 3.05) is 0 Å². The largest absolute Gasteiger partial charge is 0.477 e. The van der Waals surface area contributed by atoms with Crippen molar-refractivity contribution in [1.82, 2.24) is 10.2 Å². The van der Waals surface area contributed by atoms with Crippen molar-refractivity contribution < 1.29 is 18.7 Å². The maximum Gasteiger partial charge on any atom is 0.342 e. The number of nitrogens with zero attached hydrogens (tertiary/aromatic N) is 2. The second kappa shape index (κ2) is 7.41. The minimum absolute atomic E-state index is 0.0317. The third-order valence-electron chi connectivity index (χ3n) is 2.75. The number of aliphatic carboxylic acids is 1. The molecule has 122 valence electrons. The lowest BCUT2D eigenvalue weighted by molar-refractivity contribution is -0.131. The molecule has 2 aromatic heterocycles. The van der Waals surface area contributed by atoms with Crippen LogP contribution in [0.15, 0.2) is 71.4 Å². The number of carboxylic acid groups (broad SMARTS) is 1. The van der Waals surface area contributed by atoms with Crippen LogP contribution in [0.1, 0.15) is 11.7 Å². The smallest absolute Gasteiger partial charge is 0.342 e. The van der Waals surface area contributed by atoms with Crippen LogP contribution in [0.5, 0.6) is 0 Å². The Balaban J connectivity index is 1.76. The lowest BCUT2D eigenvalue weighted by Gasteiger charge is -1.98. The predicted molar refractivity (Wildman–Crippen MR) is 89.8 cm³/mol. The molecule has 0 aliphatic rings. The van der Waals surface area contributed by atoms with E-state index in [2.05, 4.69) is 10.2 Å². The Bertz CT molecular complexity index is 871. The first-order valence-corrected chi connectivity index (χ1v) is 8.49. The van der Waals surface area contributed by atoms with Crippen molar-refractivity contribution in [2.24, 2.45) is 0 Å². The van der Waals surface area contributed by atoms with E-state index in [9.17, 15) is 9.90 Å². The molecule has 2 heterocycles. The third-order valence-corrected chi connectivity index (χ3v) is 4.53. The van der Waals surface area contributed by atoms with E-state index in [4.69, 9.17) is 8.83 Å². The molecule has 1 N–H and O–H groups in total. The van der Waals surface area contributed by atoms with Gasteiger partial charge in [0, 0.05) is 17.9 Å². The molecule has 0 bridgehead atoms. The Kier molecular flexibility index (Phi) is 5.07. The van der Waals surface area contributed by atoms with Gasteiger partial charge in [-0.3, -0.25) is 0 Å². The average molecular weight is 360 g/mol. The minimum Gasteiger partial charge on any atom is -0.477 e. The molecule has 0 saturated heterocycles. The van der Waals surface area contributed by atoms with Gasteiger partial charge in [0.1, 0.15) is 10.7 Å². The third kappa shape index (κ3) is 4.30.